The predicted octanol–water partition coefficient (Wildman–Crippen LogP) is 1.80. The predicted molar refractivity (Wildman–Crippen MR) is 58.1 cm³/mol. The summed E-state index contributed by atoms with van der Waals surface area (Å²) in [5.74, 6) is -0.180. The van der Waals surface area contributed by atoms with Crippen molar-refractivity contribution in [1.82, 2.24) is 4.90 Å². The van der Waals surface area contributed by atoms with E-state index < -0.39 is 6.10 Å². The van der Waals surface area contributed by atoms with Crippen molar-refractivity contribution in [3.8, 4) is 0 Å². The van der Waals surface area contributed by atoms with Gasteiger partial charge in [0.05, 0.1) is 0 Å². The molecule has 0 aromatic rings. The van der Waals surface area contributed by atoms with Crippen LogP contribution in [0.4, 0.5) is 0 Å². The molecule has 0 fully saturated rings. The van der Waals surface area contributed by atoms with Crippen LogP contribution in [-0.4, -0.2) is 36.1 Å². The molecule has 14 heavy (non-hydrogen) atoms. The molecule has 1 N–H and O–H groups in total. The summed E-state index contributed by atoms with van der Waals surface area (Å²) in [6.07, 6.45) is 5.54. The lowest BCUT2D eigenvalue weighted by Crippen LogP contribution is -2.33. The molecule has 0 aromatic carbocycles. The van der Waals surface area contributed by atoms with Crippen molar-refractivity contribution in [3.05, 3.63) is 0 Å². The monoisotopic (exact) mass is 201 g/mol. The maximum absolute atomic E-state index is 11.2. The van der Waals surface area contributed by atoms with Crippen LogP contribution in [0.25, 0.3) is 0 Å². The van der Waals surface area contributed by atoms with Crippen LogP contribution >= 0.6 is 0 Å². The molecular weight excluding hydrogens is 178 g/mol. The highest BCUT2D eigenvalue weighted by atomic mass is 16.3. The molecule has 3 heteroatoms. The van der Waals surface area contributed by atoms with Gasteiger partial charge in [0.1, 0.15) is 6.10 Å². The van der Waals surface area contributed by atoms with Crippen LogP contribution in [0.2, 0.25) is 0 Å². The third-order valence-corrected chi connectivity index (χ3v) is 2.31. The molecule has 0 bridgehead atoms. The summed E-state index contributed by atoms with van der Waals surface area (Å²) in [4.78, 5) is 12.7. The van der Waals surface area contributed by atoms with Crippen molar-refractivity contribution < 1.29 is 9.90 Å². The molecule has 0 saturated heterocycles. The van der Waals surface area contributed by atoms with Gasteiger partial charge >= 0.3 is 0 Å². The van der Waals surface area contributed by atoms with Crippen molar-refractivity contribution in [2.45, 2.75) is 51.6 Å². The van der Waals surface area contributed by atoms with E-state index in [0.29, 0.717) is 6.42 Å². The number of hydrogen-bond acceptors (Lipinski definition) is 2. The van der Waals surface area contributed by atoms with Crippen molar-refractivity contribution in [1.29, 1.82) is 0 Å². The SMILES string of the molecule is CCCCCCCC(O)C(=O)N(C)C. The molecule has 0 heterocycles. The van der Waals surface area contributed by atoms with E-state index in [9.17, 15) is 9.90 Å². The minimum Gasteiger partial charge on any atom is -0.383 e. The molecule has 1 unspecified atom stereocenters. The molecular formula is C11H23NO2. The molecule has 84 valence electrons. The highest BCUT2D eigenvalue weighted by Crippen LogP contribution is 2.08. The first kappa shape index (κ1) is 13.4. The second kappa shape index (κ2) is 7.80. The molecule has 3 nitrogen and oxygen atoms in total. The summed E-state index contributed by atoms with van der Waals surface area (Å²) in [5, 5.41) is 9.45. The Bertz CT molecular complexity index is 157. The zero-order valence-corrected chi connectivity index (χ0v) is 9.62. The Morgan fingerprint density at radius 3 is 2.29 bits per heavy atom. The number of likely N-dealkylation sites (N-methyl/N-ethyl adjacent to an activating group) is 1. The first-order valence-corrected chi connectivity index (χ1v) is 5.48. The summed E-state index contributed by atoms with van der Waals surface area (Å²) in [6, 6.07) is 0. The number of aliphatic hydroxyl groups is 1. The second-order valence-corrected chi connectivity index (χ2v) is 3.95. The van der Waals surface area contributed by atoms with Crippen LogP contribution in [0.15, 0.2) is 0 Å². The Morgan fingerprint density at radius 2 is 1.79 bits per heavy atom. The van der Waals surface area contributed by atoms with Gasteiger partial charge in [0.15, 0.2) is 0 Å². The fourth-order valence-electron chi connectivity index (χ4n) is 1.36. The number of nitrogens with zero attached hydrogens (tertiary/aromatic N) is 1. The number of rotatable bonds is 7. The van der Waals surface area contributed by atoms with Crippen LogP contribution < -0.4 is 0 Å². The van der Waals surface area contributed by atoms with E-state index in [1.165, 1.54) is 24.2 Å². The lowest BCUT2D eigenvalue weighted by Gasteiger charge is -2.15. The second-order valence-electron chi connectivity index (χ2n) is 3.95. The molecule has 0 radical (unpaired) electrons. The molecule has 0 aliphatic carbocycles. The van der Waals surface area contributed by atoms with Gasteiger partial charge in [-0.25, -0.2) is 0 Å². The fraction of sp³-hybridized carbons (Fsp3) is 0.909. The van der Waals surface area contributed by atoms with Gasteiger partial charge < -0.3 is 10.0 Å². The number of amides is 1. The van der Waals surface area contributed by atoms with Gasteiger partial charge in [-0.1, -0.05) is 39.0 Å². The van der Waals surface area contributed by atoms with Crippen LogP contribution in [-0.2, 0) is 4.79 Å². The maximum Gasteiger partial charge on any atom is 0.250 e. The maximum atomic E-state index is 11.2. The Balaban J connectivity index is 3.44. The summed E-state index contributed by atoms with van der Waals surface area (Å²) in [6.45, 7) is 2.17. The molecule has 1 atom stereocenters. The van der Waals surface area contributed by atoms with E-state index in [1.54, 1.807) is 14.1 Å². The summed E-state index contributed by atoms with van der Waals surface area (Å²) < 4.78 is 0. The summed E-state index contributed by atoms with van der Waals surface area (Å²) in [7, 11) is 3.34. The first-order chi connectivity index (χ1) is 6.59. The molecule has 0 rings (SSSR count). The lowest BCUT2D eigenvalue weighted by molar-refractivity contribution is -0.137. The number of hydrogen-bond donors (Lipinski definition) is 1. The highest BCUT2D eigenvalue weighted by molar-refractivity contribution is 5.79. The number of carbonyl (C=O) groups excluding carboxylic acids is 1. The Morgan fingerprint density at radius 1 is 1.21 bits per heavy atom. The summed E-state index contributed by atoms with van der Waals surface area (Å²) >= 11 is 0. The number of carbonyl (C=O) groups is 1. The Labute approximate surface area is 87.1 Å². The topological polar surface area (TPSA) is 40.5 Å². The van der Waals surface area contributed by atoms with Gasteiger partial charge in [-0.15, -0.1) is 0 Å². The molecule has 1 amide bonds. The van der Waals surface area contributed by atoms with E-state index in [4.69, 9.17) is 0 Å². The zero-order valence-electron chi connectivity index (χ0n) is 9.62. The average Bonchev–Trinajstić information content (AvgIpc) is 2.16. The number of aliphatic hydroxyl groups excluding tert-OH is 1. The quantitative estimate of drug-likeness (QED) is 0.638. The van der Waals surface area contributed by atoms with E-state index in [1.807, 2.05) is 0 Å². The first-order valence-electron chi connectivity index (χ1n) is 5.48. The summed E-state index contributed by atoms with van der Waals surface area (Å²) in [5.41, 5.74) is 0. The van der Waals surface area contributed by atoms with Gasteiger partial charge in [0, 0.05) is 14.1 Å². The van der Waals surface area contributed by atoms with Gasteiger partial charge in [0.25, 0.3) is 5.91 Å². The van der Waals surface area contributed by atoms with Crippen LogP contribution in [0.5, 0.6) is 0 Å². The molecule has 0 saturated carbocycles. The van der Waals surface area contributed by atoms with E-state index >= 15 is 0 Å². The van der Waals surface area contributed by atoms with Gasteiger partial charge in [-0.3, -0.25) is 4.79 Å². The van der Waals surface area contributed by atoms with Gasteiger partial charge in [-0.2, -0.15) is 0 Å². The van der Waals surface area contributed by atoms with Crippen molar-refractivity contribution in [3.63, 3.8) is 0 Å². The molecule has 0 aliphatic rings. The van der Waals surface area contributed by atoms with Gasteiger partial charge in [0.2, 0.25) is 0 Å². The van der Waals surface area contributed by atoms with E-state index in [0.717, 1.165) is 12.8 Å². The van der Waals surface area contributed by atoms with Crippen LogP contribution in [0, 0.1) is 0 Å². The van der Waals surface area contributed by atoms with E-state index in [2.05, 4.69) is 6.92 Å². The van der Waals surface area contributed by atoms with Crippen LogP contribution in [0.1, 0.15) is 45.4 Å². The van der Waals surface area contributed by atoms with Gasteiger partial charge in [-0.05, 0) is 6.42 Å². The van der Waals surface area contributed by atoms with Crippen molar-refractivity contribution >= 4 is 5.91 Å². The van der Waals surface area contributed by atoms with Crippen molar-refractivity contribution in [2.75, 3.05) is 14.1 Å². The van der Waals surface area contributed by atoms with E-state index in [-0.39, 0.29) is 5.91 Å². The smallest absolute Gasteiger partial charge is 0.250 e. The molecule has 0 spiro atoms. The minimum absolute atomic E-state index is 0.180. The van der Waals surface area contributed by atoms with Crippen LogP contribution in [0.3, 0.4) is 0 Å². The van der Waals surface area contributed by atoms with Crippen molar-refractivity contribution in [2.24, 2.45) is 0 Å². The molecule has 0 aromatic heterocycles. The Kier molecular flexibility index (Phi) is 7.48. The third kappa shape index (κ3) is 5.97. The zero-order chi connectivity index (χ0) is 11.0. The third-order valence-electron chi connectivity index (χ3n) is 2.31. The average molecular weight is 201 g/mol. The highest BCUT2D eigenvalue weighted by Gasteiger charge is 2.15. The normalized spacial score (nSPS) is 12.6. The Hall–Kier alpha value is -0.570. The number of unbranched alkanes of at least 4 members (excludes halogenated alkanes) is 4. The molecule has 0 aliphatic heterocycles. The standard InChI is InChI=1S/C11H23NO2/c1-4-5-6-7-8-9-10(13)11(14)12(2)3/h10,13H,4-9H2,1-3H3. The minimum atomic E-state index is -0.799. The lowest BCUT2D eigenvalue weighted by atomic mass is 10.1. The largest absolute Gasteiger partial charge is 0.383 e. The fourth-order valence-corrected chi connectivity index (χ4v) is 1.36.